The molecule has 4 aliphatic carbocycles. The second kappa shape index (κ2) is 9.43. The number of carbonyl (C=O) groups is 1. The number of hydrogen-bond acceptors (Lipinski definition) is 5. The summed E-state index contributed by atoms with van der Waals surface area (Å²) in [6, 6.07) is 0. The maximum absolute atomic E-state index is 13.4. The molecule has 0 unspecified atom stereocenters. The van der Waals surface area contributed by atoms with Crippen LogP contribution in [0.3, 0.4) is 0 Å². The van der Waals surface area contributed by atoms with Crippen LogP contribution in [0.5, 0.6) is 0 Å². The van der Waals surface area contributed by atoms with Crippen molar-refractivity contribution in [1.82, 2.24) is 0 Å². The number of hydrogen-bond donors (Lipinski definition) is 4. The van der Waals surface area contributed by atoms with Crippen molar-refractivity contribution in [3.63, 3.8) is 0 Å². The van der Waals surface area contributed by atoms with Crippen molar-refractivity contribution >= 4 is 5.78 Å². The first-order chi connectivity index (χ1) is 15.9. The van der Waals surface area contributed by atoms with E-state index in [-0.39, 0.29) is 34.4 Å². The summed E-state index contributed by atoms with van der Waals surface area (Å²) in [5.41, 5.74) is -0.165. The Morgan fingerprint density at radius 1 is 0.941 bits per heavy atom. The van der Waals surface area contributed by atoms with Crippen LogP contribution in [0.15, 0.2) is 0 Å². The zero-order valence-corrected chi connectivity index (χ0v) is 22.3. The monoisotopic (exact) mass is 478 g/mol. The molecule has 0 radical (unpaired) electrons. The minimum Gasteiger partial charge on any atom is -0.390 e. The molecule has 4 rings (SSSR count). The molecule has 5 nitrogen and oxygen atoms in total. The van der Waals surface area contributed by atoms with Crippen LogP contribution in [0.4, 0.5) is 0 Å². The van der Waals surface area contributed by atoms with Gasteiger partial charge in [0.2, 0.25) is 0 Å². The predicted octanol–water partition coefficient (Wildman–Crippen LogP) is 4.20. The molecular formula is C29H50O5. The number of carbonyl (C=O) groups excluding carboxylic acids is 1. The van der Waals surface area contributed by atoms with Crippen LogP contribution in [0.2, 0.25) is 0 Å². The van der Waals surface area contributed by atoms with Crippen LogP contribution in [0.1, 0.15) is 92.9 Å². The molecule has 5 heteroatoms. The average Bonchev–Trinajstić information content (AvgIpc) is 3.12. The summed E-state index contributed by atoms with van der Waals surface area (Å²) in [5, 5.41) is 43.1. The molecule has 0 spiro atoms. The van der Waals surface area contributed by atoms with Gasteiger partial charge in [-0.3, -0.25) is 4.79 Å². The topological polar surface area (TPSA) is 98.0 Å². The summed E-state index contributed by atoms with van der Waals surface area (Å²) in [7, 11) is 0. The van der Waals surface area contributed by atoms with Crippen molar-refractivity contribution in [2.24, 2.45) is 58.2 Å². The van der Waals surface area contributed by atoms with Crippen LogP contribution in [0.25, 0.3) is 0 Å². The molecule has 4 fully saturated rings. The Hall–Kier alpha value is -0.490. The van der Waals surface area contributed by atoms with Crippen molar-refractivity contribution in [1.29, 1.82) is 0 Å². The highest BCUT2D eigenvalue weighted by Crippen LogP contribution is 2.67. The van der Waals surface area contributed by atoms with Crippen LogP contribution in [0, 0.1) is 58.2 Å². The number of aliphatic hydroxyl groups is 4. The van der Waals surface area contributed by atoms with Gasteiger partial charge in [-0.1, -0.05) is 48.0 Å². The van der Waals surface area contributed by atoms with E-state index in [9.17, 15) is 25.2 Å². The number of fused-ring (bicyclic) bond motifs is 5. The molecule has 0 aromatic rings. The second-order valence-corrected chi connectivity index (χ2v) is 13.6. The normalized spacial score (nSPS) is 48.0. The van der Waals surface area contributed by atoms with E-state index in [0.717, 1.165) is 32.1 Å². The minimum atomic E-state index is -0.783. The van der Waals surface area contributed by atoms with Crippen molar-refractivity contribution in [3.05, 3.63) is 0 Å². The number of Topliss-reactive ketones (excluding diaryl/α,β-unsaturated/α-hetero) is 1. The van der Waals surface area contributed by atoms with Crippen LogP contribution >= 0.6 is 0 Å². The lowest BCUT2D eigenvalue weighted by Crippen LogP contribution is -2.59. The van der Waals surface area contributed by atoms with Gasteiger partial charge in [0.25, 0.3) is 0 Å². The molecule has 4 saturated carbocycles. The van der Waals surface area contributed by atoms with Gasteiger partial charge in [-0.2, -0.15) is 0 Å². The van der Waals surface area contributed by atoms with Gasteiger partial charge in [-0.15, -0.1) is 0 Å². The van der Waals surface area contributed by atoms with Gasteiger partial charge in [0, 0.05) is 12.3 Å². The average molecular weight is 479 g/mol. The van der Waals surface area contributed by atoms with Gasteiger partial charge in [-0.05, 0) is 90.8 Å². The standard InChI is InChI=1S/C29H50O5/c1-7-17(15(2)3)27(34)26(33)16(4)19-8-9-20-18-12-23(30)22-13-24(31)25(32)14-29(22,6)21(18)10-11-28(19,20)5/h15-22,24-27,31-34H,7-14H2,1-6H3/t16-,17-,18-,19+,20-,21-,22-,24+,25-,26+,27+,28+,29+/m0/s1. The molecule has 13 atom stereocenters. The Morgan fingerprint density at radius 2 is 1.59 bits per heavy atom. The smallest absolute Gasteiger partial charge is 0.136 e. The quantitative estimate of drug-likeness (QED) is 0.459. The second-order valence-electron chi connectivity index (χ2n) is 13.6. The maximum atomic E-state index is 13.4. The SMILES string of the molecule is CC[C@@H](C(C)C)[C@@H](O)[C@H](O)[C@@H](C)[C@H]1CC[C@H]2[C@@H]3CC(=O)[C@@H]4C[C@@H](O)[C@@H](O)C[C@]4(C)[C@H]3CC[C@]12C. The Bertz CT molecular complexity index is 753. The fourth-order valence-electron chi connectivity index (χ4n) is 9.89. The van der Waals surface area contributed by atoms with Gasteiger partial charge < -0.3 is 20.4 Å². The third-order valence-corrected chi connectivity index (χ3v) is 11.8. The van der Waals surface area contributed by atoms with Crippen molar-refractivity contribution < 1.29 is 25.2 Å². The molecule has 196 valence electrons. The van der Waals surface area contributed by atoms with E-state index in [4.69, 9.17) is 0 Å². The Morgan fingerprint density at radius 3 is 2.21 bits per heavy atom. The molecule has 0 bridgehead atoms. The molecule has 0 aliphatic heterocycles. The van der Waals surface area contributed by atoms with Gasteiger partial charge in [0.15, 0.2) is 0 Å². The maximum Gasteiger partial charge on any atom is 0.136 e. The van der Waals surface area contributed by atoms with Gasteiger partial charge in [-0.25, -0.2) is 0 Å². The fourth-order valence-corrected chi connectivity index (χ4v) is 9.89. The van der Waals surface area contributed by atoms with E-state index in [1.54, 1.807) is 0 Å². The highest BCUT2D eigenvalue weighted by Gasteiger charge is 2.63. The molecule has 0 aromatic heterocycles. The summed E-state index contributed by atoms with van der Waals surface area (Å²) in [5.74, 6) is 2.12. The van der Waals surface area contributed by atoms with Crippen molar-refractivity contribution in [2.45, 2.75) is 117 Å². The van der Waals surface area contributed by atoms with Crippen molar-refractivity contribution in [3.8, 4) is 0 Å². The molecule has 0 amide bonds. The van der Waals surface area contributed by atoms with E-state index in [0.29, 0.717) is 48.9 Å². The summed E-state index contributed by atoms with van der Waals surface area (Å²) < 4.78 is 0. The number of ketones is 1. The molecule has 4 aliphatic rings. The first-order valence-electron chi connectivity index (χ1n) is 14.1. The molecule has 4 N–H and O–H groups in total. The van der Waals surface area contributed by atoms with Crippen LogP contribution < -0.4 is 0 Å². The highest BCUT2D eigenvalue weighted by atomic mass is 16.3. The van der Waals surface area contributed by atoms with Crippen LogP contribution in [-0.4, -0.2) is 50.6 Å². The van der Waals surface area contributed by atoms with Gasteiger partial charge in [0.1, 0.15) is 5.78 Å². The highest BCUT2D eigenvalue weighted by molar-refractivity contribution is 5.83. The van der Waals surface area contributed by atoms with E-state index in [1.807, 2.05) is 0 Å². The lowest BCUT2D eigenvalue weighted by atomic mass is 9.44. The molecule has 34 heavy (non-hydrogen) atoms. The molecule has 0 heterocycles. The summed E-state index contributed by atoms with van der Waals surface area (Å²) in [4.78, 5) is 13.4. The van der Waals surface area contributed by atoms with E-state index in [1.165, 1.54) is 0 Å². The third-order valence-electron chi connectivity index (χ3n) is 11.8. The zero-order valence-electron chi connectivity index (χ0n) is 22.3. The van der Waals surface area contributed by atoms with Gasteiger partial charge >= 0.3 is 0 Å². The minimum absolute atomic E-state index is 0.0172. The van der Waals surface area contributed by atoms with Crippen molar-refractivity contribution in [2.75, 3.05) is 0 Å². The van der Waals surface area contributed by atoms with E-state index < -0.39 is 24.4 Å². The Balaban J connectivity index is 1.55. The predicted molar refractivity (Wildman–Crippen MR) is 133 cm³/mol. The molecule has 0 aromatic carbocycles. The largest absolute Gasteiger partial charge is 0.390 e. The van der Waals surface area contributed by atoms with E-state index >= 15 is 0 Å². The third kappa shape index (κ3) is 4.01. The van der Waals surface area contributed by atoms with Gasteiger partial charge in [0.05, 0.1) is 24.4 Å². The number of aliphatic hydroxyl groups excluding tert-OH is 4. The molecule has 0 saturated heterocycles. The molecular weight excluding hydrogens is 428 g/mol. The summed E-state index contributed by atoms with van der Waals surface area (Å²) in [6.07, 6.45) is 3.69. The van der Waals surface area contributed by atoms with E-state index in [2.05, 4.69) is 41.5 Å². The Kier molecular flexibility index (Phi) is 7.37. The summed E-state index contributed by atoms with van der Waals surface area (Å²) >= 11 is 0. The fraction of sp³-hybridized carbons (Fsp3) is 0.966. The zero-order chi connectivity index (χ0) is 25.2. The first kappa shape index (κ1) is 26.6. The summed E-state index contributed by atoms with van der Waals surface area (Å²) in [6.45, 7) is 13.1. The lowest BCUT2D eigenvalue weighted by Gasteiger charge is -2.61. The first-order valence-corrected chi connectivity index (χ1v) is 14.1. The number of rotatable bonds is 6. The Labute approximate surface area is 206 Å². The van der Waals surface area contributed by atoms with Crippen LogP contribution in [-0.2, 0) is 4.79 Å². The lowest BCUT2D eigenvalue weighted by molar-refractivity contribution is -0.175.